The third-order valence-corrected chi connectivity index (χ3v) is 4.76. The maximum Gasteiger partial charge on any atom is 0.227 e. The normalized spacial score (nSPS) is 28.8. The number of hydrogen-bond donors (Lipinski definition) is 1. The molecule has 1 aliphatic heterocycles. The number of aliphatic hydroxyl groups is 1. The summed E-state index contributed by atoms with van der Waals surface area (Å²) in [4.78, 5) is 14.4. The molecule has 1 heterocycles. The topological polar surface area (TPSA) is 49.8 Å². The average molecular weight is 307 g/mol. The smallest absolute Gasteiger partial charge is 0.227 e. The van der Waals surface area contributed by atoms with Crippen LogP contribution in [-0.4, -0.2) is 47.8 Å². The summed E-state index contributed by atoms with van der Waals surface area (Å²) in [5.74, 6) is -0.246. The molecule has 1 N–H and O–H groups in total. The molecule has 4 nitrogen and oxygen atoms in total. The quantitative estimate of drug-likeness (QED) is 0.926. The van der Waals surface area contributed by atoms with Crippen LogP contribution >= 0.6 is 0 Å². The Labute approximate surface area is 129 Å². The first kappa shape index (κ1) is 15.4. The fourth-order valence-corrected chi connectivity index (χ4v) is 3.63. The molecule has 120 valence electrons. The lowest BCUT2D eigenvalue weighted by atomic mass is 9.93. The molecule has 2 aliphatic rings. The predicted molar refractivity (Wildman–Crippen MR) is 79.8 cm³/mol. The highest BCUT2D eigenvalue weighted by Gasteiger charge is 2.39. The number of ether oxygens (including phenoxy) is 1. The molecule has 1 aromatic rings. The molecule has 2 fully saturated rings. The van der Waals surface area contributed by atoms with E-state index in [4.69, 9.17) is 4.74 Å². The molecule has 1 amide bonds. The average Bonchev–Trinajstić information content (AvgIpc) is 2.93. The van der Waals surface area contributed by atoms with Crippen LogP contribution in [0.5, 0.6) is 0 Å². The number of aliphatic hydroxyl groups excluding tert-OH is 1. The van der Waals surface area contributed by atoms with Crippen LogP contribution in [0, 0.1) is 11.7 Å². The SMILES string of the molecule is O=C(Cc1cccc(F)c1)N1CCOC[C@@H]1[C@H]1CCC[C@@H]1O. The molecule has 5 heteroatoms. The number of nitrogens with zero attached hydrogens (tertiary/aromatic N) is 1. The summed E-state index contributed by atoms with van der Waals surface area (Å²) >= 11 is 0. The zero-order valence-corrected chi connectivity index (χ0v) is 12.6. The van der Waals surface area contributed by atoms with E-state index in [2.05, 4.69) is 0 Å². The van der Waals surface area contributed by atoms with Gasteiger partial charge in [0.1, 0.15) is 5.82 Å². The van der Waals surface area contributed by atoms with Gasteiger partial charge < -0.3 is 14.7 Å². The van der Waals surface area contributed by atoms with Crippen molar-refractivity contribution in [2.45, 2.75) is 37.8 Å². The van der Waals surface area contributed by atoms with Gasteiger partial charge in [-0.05, 0) is 30.5 Å². The van der Waals surface area contributed by atoms with Crippen molar-refractivity contribution in [1.29, 1.82) is 0 Å². The van der Waals surface area contributed by atoms with E-state index in [9.17, 15) is 14.3 Å². The number of benzene rings is 1. The van der Waals surface area contributed by atoms with E-state index in [1.165, 1.54) is 12.1 Å². The molecule has 0 aromatic heterocycles. The van der Waals surface area contributed by atoms with Crippen molar-refractivity contribution >= 4 is 5.91 Å². The van der Waals surface area contributed by atoms with Crippen LogP contribution in [0.15, 0.2) is 24.3 Å². The van der Waals surface area contributed by atoms with E-state index in [0.717, 1.165) is 19.3 Å². The predicted octanol–water partition coefficient (Wildman–Crippen LogP) is 1.76. The highest BCUT2D eigenvalue weighted by atomic mass is 19.1. The van der Waals surface area contributed by atoms with E-state index >= 15 is 0 Å². The van der Waals surface area contributed by atoms with Gasteiger partial charge in [0.25, 0.3) is 0 Å². The van der Waals surface area contributed by atoms with Crippen molar-refractivity contribution in [1.82, 2.24) is 4.90 Å². The molecular weight excluding hydrogens is 285 g/mol. The molecule has 0 unspecified atom stereocenters. The minimum Gasteiger partial charge on any atom is -0.393 e. The molecule has 0 radical (unpaired) electrons. The van der Waals surface area contributed by atoms with Crippen molar-refractivity contribution in [3.8, 4) is 0 Å². The Balaban J connectivity index is 1.71. The van der Waals surface area contributed by atoms with E-state index < -0.39 is 0 Å². The number of amides is 1. The van der Waals surface area contributed by atoms with Gasteiger partial charge in [0.05, 0.1) is 31.8 Å². The van der Waals surface area contributed by atoms with Crippen molar-refractivity contribution in [2.75, 3.05) is 19.8 Å². The molecule has 22 heavy (non-hydrogen) atoms. The van der Waals surface area contributed by atoms with Crippen molar-refractivity contribution in [3.05, 3.63) is 35.6 Å². The minimum absolute atomic E-state index is 0.0157. The summed E-state index contributed by atoms with van der Waals surface area (Å²) in [5, 5.41) is 10.1. The molecule has 0 bridgehead atoms. The fourth-order valence-electron chi connectivity index (χ4n) is 3.63. The van der Waals surface area contributed by atoms with Crippen LogP contribution in [0.2, 0.25) is 0 Å². The van der Waals surface area contributed by atoms with Gasteiger partial charge in [0.2, 0.25) is 5.91 Å². The lowest BCUT2D eigenvalue weighted by Gasteiger charge is -2.40. The first-order valence-corrected chi connectivity index (χ1v) is 7.95. The van der Waals surface area contributed by atoms with Crippen LogP contribution in [0.25, 0.3) is 0 Å². The van der Waals surface area contributed by atoms with Gasteiger partial charge in [0, 0.05) is 12.5 Å². The fraction of sp³-hybridized carbons (Fsp3) is 0.588. The molecule has 3 rings (SSSR count). The monoisotopic (exact) mass is 307 g/mol. The minimum atomic E-state index is -0.351. The second-order valence-corrected chi connectivity index (χ2v) is 6.20. The summed E-state index contributed by atoms with van der Waals surface area (Å²) < 4.78 is 18.8. The van der Waals surface area contributed by atoms with Gasteiger partial charge in [-0.3, -0.25) is 4.79 Å². The number of carbonyl (C=O) groups excluding carboxylic acids is 1. The largest absolute Gasteiger partial charge is 0.393 e. The van der Waals surface area contributed by atoms with Crippen molar-refractivity contribution in [3.63, 3.8) is 0 Å². The number of hydrogen-bond acceptors (Lipinski definition) is 3. The van der Waals surface area contributed by atoms with Gasteiger partial charge in [-0.15, -0.1) is 0 Å². The third-order valence-electron chi connectivity index (χ3n) is 4.76. The lowest BCUT2D eigenvalue weighted by Crippen LogP contribution is -2.54. The van der Waals surface area contributed by atoms with Gasteiger partial charge >= 0.3 is 0 Å². The highest BCUT2D eigenvalue weighted by molar-refractivity contribution is 5.79. The Hall–Kier alpha value is -1.46. The van der Waals surface area contributed by atoms with Crippen molar-refractivity contribution in [2.24, 2.45) is 5.92 Å². The first-order valence-electron chi connectivity index (χ1n) is 7.95. The zero-order valence-electron chi connectivity index (χ0n) is 12.6. The molecule has 1 aromatic carbocycles. The Bertz CT molecular complexity index is 536. The summed E-state index contributed by atoms with van der Waals surface area (Å²) in [7, 11) is 0. The van der Waals surface area contributed by atoms with Crippen molar-refractivity contribution < 1.29 is 19.0 Å². The molecule has 1 saturated carbocycles. The van der Waals surface area contributed by atoms with Crippen LogP contribution in [0.4, 0.5) is 4.39 Å². The van der Waals surface area contributed by atoms with Crippen LogP contribution in [0.1, 0.15) is 24.8 Å². The van der Waals surface area contributed by atoms with Gasteiger partial charge in [-0.1, -0.05) is 18.6 Å². The summed E-state index contributed by atoms with van der Waals surface area (Å²) in [6.45, 7) is 1.55. The molecule has 3 atom stereocenters. The highest BCUT2D eigenvalue weighted by Crippen LogP contribution is 2.32. The zero-order chi connectivity index (χ0) is 15.5. The van der Waals surface area contributed by atoms with E-state index in [-0.39, 0.29) is 36.2 Å². The van der Waals surface area contributed by atoms with Gasteiger partial charge in [0.15, 0.2) is 0 Å². The summed E-state index contributed by atoms with van der Waals surface area (Å²) in [5.41, 5.74) is 0.683. The molecule has 0 spiro atoms. The van der Waals surface area contributed by atoms with Gasteiger partial charge in [-0.2, -0.15) is 0 Å². The van der Waals surface area contributed by atoms with E-state index in [1.54, 1.807) is 12.1 Å². The molecule has 1 saturated heterocycles. The van der Waals surface area contributed by atoms with Gasteiger partial charge in [-0.25, -0.2) is 4.39 Å². The van der Waals surface area contributed by atoms with Crippen LogP contribution < -0.4 is 0 Å². The third kappa shape index (κ3) is 3.31. The second kappa shape index (κ2) is 6.75. The lowest BCUT2D eigenvalue weighted by molar-refractivity contribution is -0.143. The van der Waals surface area contributed by atoms with Crippen LogP contribution in [0.3, 0.4) is 0 Å². The summed E-state index contributed by atoms with van der Waals surface area (Å²) in [6, 6.07) is 6.10. The number of carbonyl (C=O) groups is 1. The number of rotatable bonds is 3. The maximum absolute atomic E-state index is 13.3. The number of morpholine rings is 1. The maximum atomic E-state index is 13.3. The summed E-state index contributed by atoms with van der Waals surface area (Å²) in [6.07, 6.45) is 2.56. The number of halogens is 1. The standard InChI is InChI=1S/C17H22FNO3/c18-13-4-1-3-12(9-13)10-17(21)19-7-8-22-11-15(19)14-5-2-6-16(14)20/h1,3-4,9,14-16,20H,2,5-8,10-11H2/t14-,15-,16+/m1/s1. The molecule has 1 aliphatic carbocycles. The Morgan fingerprint density at radius 1 is 1.41 bits per heavy atom. The Morgan fingerprint density at radius 3 is 3.00 bits per heavy atom. The first-order chi connectivity index (χ1) is 10.6. The van der Waals surface area contributed by atoms with E-state index in [1.807, 2.05) is 4.90 Å². The van der Waals surface area contributed by atoms with E-state index in [0.29, 0.717) is 25.3 Å². The molecular formula is C17H22FNO3. The second-order valence-electron chi connectivity index (χ2n) is 6.20. The van der Waals surface area contributed by atoms with Crippen LogP contribution in [-0.2, 0) is 16.0 Å². The Morgan fingerprint density at radius 2 is 2.27 bits per heavy atom. The Kier molecular flexibility index (Phi) is 4.74.